The predicted octanol–water partition coefficient (Wildman–Crippen LogP) is 1.59. The van der Waals surface area contributed by atoms with Gasteiger partial charge in [-0.1, -0.05) is 12.8 Å². The van der Waals surface area contributed by atoms with E-state index in [1.54, 1.807) is 0 Å². The molecule has 0 unspecified atom stereocenters. The second-order valence-corrected chi connectivity index (χ2v) is 4.71. The summed E-state index contributed by atoms with van der Waals surface area (Å²) in [5.41, 5.74) is 6.06. The summed E-state index contributed by atoms with van der Waals surface area (Å²) in [6, 6.07) is 0. The number of hydrogen-bond donors (Lipinski definition) is 1. The van der Waals surface area contributed by atoms with E-state index in [0.29, 0.717) is 12.5 Å². The monoisotopic (exact) mass is 249 g/mol. The maximum atomic E-state index is 6.06. The first kappa shape index (κ1) is 12.9. The third kappa shape index (κ3) is 3.24. The zero-order chi connectivity index (χ0) is 12.8. The van der Waals surface area contributed by atoms with Crippen LogP contribution in [0.3, 0.4) is 0 Å². The predicted molar refractivity (Wildman–Crippen MR) is 73.3 cm³/mol. The van der Waals surface area contributed by atoms with Gasteiger partial charge in [0.1, 0.15) is 12.4 Å². The number of nitrogens with two attached hydrogens (primary N) is 1. The number of imidazole rings is 1. The van der Waals surface area contributed by atoms with Crippen molar-refractivity contribution in [2.75, 3.05) is 13.1 Å². The second kappa shape index (κ2) is 6.42. The Morgan fingerprint density at radius 1 is 1.33 bits per heavy atom. The van der Waals surface area contributed by atoms with Crippen LogP contribution in [0, 0.1) is 0 Å². The van der Waals surface area contributed by atoms with Gasteiger partial charge in [0.2, 0.25) is 0 Å². The highest BCUT2D eigenvalue weighted by Crippen LogP contribution is 2.09. The van der Waals surface area contributed by atoms with Gasteiger partial charge in [0, 0.05) is 32.0 Å². The Kier molecular flexibility index (Phi) is 4.61. The maximum Gasteiger partial charge on any atom is 0.191 e. The molecule has 100 valence electrons. The smallest absolute Gasteiger partial charge is 0.191 e. The molecule has 0 saturated carbocycles. The largest absolute Gasteiger partial charge is 0.370 e. The minimum absolute atomic E-state index is 0.573. The minimum atomic E-state index is 0.573. The Hall–Kier alpha value is -1.52. The fourth-order valence-corrected chi connectivity index (χ4v) is 2.33. The van der Waals surface area contributed by atoms with Gasteiger partial charge >= 0.3 is 0 Å². The van der Waals surface area contributed by atoms with Crippen LogP contribution in [0.2, 0.25) is 0 Å². The molecule has 2 rings (SSSR count). The van der Waals surface area contributed by atoms with E-state index < -0.39 is 0 Å². The number of aromatic nitrogens is 2. The zero-order valence-corrected chi connectivity index (χ0v) is 11.2. The van der Waals surface area contributed by atoms with Crippen LogP contribution in [0.4, 0.5) is 0 Å². The molecule has 1 aliphatic heterocycles. The molecule has 0 radical (unpaired) electrons. The topological polar surface area (TPSA) is 59.4 Å². The second-order valence-electron chi connectivity index (χ2n) is 4.71. The van der Waals surface area contributed by atoms with Gasteiger partial charge in [0.05, 0.1) is 0 Å². The summed E-state index contributed by atoms with van der Waals surface area (Å²) in [7, 11) is 0. The third-order valence-corrected chi connectivity index (χ3v) is 3.45. The van der Waals surface area contributed by atoms with Gasteiger partial charge in [0.25, 0.3) is 0 Å². The van der Waals surface area contributed by atoms with Crippen molar-refractivity contribution >= 4 is 5.96 Å². The van der Waals surface area contributed by atoms with Gasteiger partial charge < -0.3 is 15.2 Å². The molecule has 1 saturated heterocycles. The lowest BCUT2D eigenvalue weighted by Crippen LogP contribution is -2.38. The Labute approximate surface area is 109 Å². The van der Waals surface area contributed by atoms with Gasteiger partial charge in [-0.25, -0.2) is 9.98 Å². The molecule has 0 bridgehead atoms. The van der Waals surface area contributed by atoms with Crippen molar-refractivity contribution in [1.82, 2.24) is 14.5 Å². The summed E-state index contributed by atoms with van der Waals surface area (Å²) in [5, 5.41) is 0. The molecule has 2 N–H and O–H groups in total. The van der Waals surface area contributed by atoms with Gasteiger partial charge in [0.15, 0.2) is 5.96 Å². The van der Waals surface area contributed by atoms with Crippen molar-refractivity contribution in [3.8, 4) is 0 Å². The van der Waals surface area contributed by atoms with Crippen LogP contribution in [-0.4, -0.2) is 33.5 Å². The van der Waals surface area contributed by atoms with E-state index in [1.807, 2.05) is 12.4 Å². The molecule has 18 heavy (non-hydrogen) atoms. The Bertz CT molecular complexity index is 388. The quantitative estimate of drug-likeness (QED) is 0.654. The molecule has 2 heterocycles. The molecule has 5 heteroatoms. The number of rotatable bonds is 3. The Morgan fingerprint density at radius 2 is 2.06 bits per heavy atom. The van der Waals surface area contributed by atoms with Crippen molar-refractivity contribution in [3.63, 3.8) is 0 Å². The number of likely N-dealkylation sites (tertiary alicyclic amines) is 1. The molecule has 1 aromatic heterocycles. The van der Waals surface area contributed by atoms with Crippen LogP contribution in [0.5, 0.6) is 0 Å². The first-order valence-electron chi connectivity index (χ1n) is 6.86. The highest BCUT2D eigenvalue weighted by Gasteiger charge is 2.11. The molecule has 0 amide bonds. The molecule has 0 spiro atoms. The Morgan fingerprint density at radius 3 is 2.72 bits per heavy atom. The molecule has 0 atom stereocenters. The van der Waals surface area contributed by atoms with Crippen LogP contribution in [-0.2, 0) is 13.1 Å². The van der Waals surface area contributed by atoms with Crippen molar-refractivity contribution in [2.24, 2.45) is 10.7 Å². The third-order valence-electron chi connectivity index (χ3n) is 3.45. The molecule has 1 fully saturated rings. The van der Waals surface area contributed by atoms with Gasteiger partial charge in [-0.05, 0) is 19.8 Å². The lowest BCUT2D eigenvalue weighted by atomic mass is 10.2. The number of aryl methyl sites for hydroxylation is 1. The number of hydrogen-bond acceptors (Lipinski definition) is 2. The highest BCUT2D eigenvalue weighted by molar-refractivity contribution is 5.78. The highest BCUT2D eigenvalue weighted by atomic mass is 15.3. The molecule has 0 aliphatic carbocycles. The maximum absolute atomic E-state index is 6.06. The van der Waals surface area contributed by atoms with E-state index >= 15 is 0 Å². The lowest BCUT2D eigenvalue weighted by molar-refractivity contribution is 0.428. The number of aliphatic imine (C=N–C) groups is 1. The van der Waals surface area contributed by atoms with Crippen molar-refractivity contribution in [1.29, 1.82) is 0 Å². The summed E-state index contributed by atoms with van der Waals surface area (Å²) < 4.78 is 2.10. The average molecular weight is 249 g/mol. The van der Waals surface area contributed by atoms with E-state index in [9.17, 15) is 0 Å². The average Bonchev–Trinajstić information content (AvgIpc) is 2.67. The fourth-order valence-electron chi connectivity index (χ4n) is 2.33. The van der Waals surface area contributed by atoms with Crippen LogP contribution >= 0.6 is 0 Å². The summed E-state index contributed by atoms with van der Waals surface area (Å²) in [6.07, 6.45) is 8.86. The minimum Gasteiger partial charge on any atom is -0.370 e. The van der Waals surface area contributed by atoms with Gasteiger partial charge in [-0.15, -0.1) is 0 Å². The summed E-state index contributed by atoms with van der Waals surface area (Å²) >= 11 is 0. The van der Waals surface area contributed by atoms with E-state index in [4.69, 9.17) is 5.73 Å². The Balaban J connectivity index is 1.95. The van der Waals surface area contributed by atoms with Crippen LogP contribution < -0.4 is 5.73 Å². The molecular formula is C13H23N5. The van der Waals surface area contributed by atoms with Crippen molar-refractivity contribution in [3.05, 3.63) is 18.2 Å². The van der Waals surface area contributed by atoms with Gasteiger partial charge in [-0.3, -0.25) is 0 Å². The molecule has 5 nitrogen and oxygen atoms in total. The number of nitrogens with zero attached hydrogens (tertiary/aromatic N) is 4. The van der Waals surface area contributed by atoms with E-state index in [-0.39, 0.29) is 0 Å². The summed E-state index contributed by atoms with van der Waals surface area (Å²) in [4.78, 5) is 11.0. The van der Waals surface area contributed by atoms with E-state index in [0.717, 1.165) is 25.5 Å². The molecular weight excluding hydrogens is 226 g/mol. The molecule has 0 aromatic carbocycles. The van der Waals surface area contributed by atoms with Crippen LogP contribution in [0.1, 0.15) is 38.4 Å². The van der Waals surface area contributed by atoms with Gasteiger partial charge in [-0.2, -0.15) is 0 Å². The molecule has 1 aromatic rings. The first-order valence-corrected chi connectivity index (χ1v) is 6.86. The lowest BCUT2D eigenvalue weighted by Gasteiger charge is -2.21. The van der Waals surface area contributed by atoms with E-state index in [2.05, 4.69) is 26.4 Å². The summed E-state index contributed by atoms with van der Waals surface area (Å²) in [5.74, 6) is 1.65. The molecule has 1 aliphatic rings. The summed E-state index contributed by atoms with van der Waals surface area (Å²) in [6.45, 7) is 5.68. The van der Waals surface area contributed by atoms with E-state index in [1.165, 1.54) is 25.7 Å². The fraction of sp³-hybridized carbons (Fsp3) is 0.692. The SMILES string of the molecule is CCn1ccnc1CN=C(N)N1CCCCCC1. The van der Waals surface area contributed by atoms with Crippen molar-refractivity contribution in [2.45, 2.75) is 45.7 Å². The zero-order valence-electron chi connectivity index (χ0n) is 11.2. The van der Waals surface area contributed by atoms with Crippen molar-refractivity contribution < 1.29 is 0 Å². The normalized spacial score (nSPS) is 17.8. The first-order chi connectivity index (χ1) is 8.81. The van der Waals surface area contributed by atoms with Crippen LogP contribution in [0.25, 0.3) is 0 Å². The van der Waals surface area contributed by atoms with Crippen LogP contribution in [0.15, 0.2) is 17.4 Å². The standard InChI is InChI=1S/C13H23N5/c1-2-17-10-7-15-12(17)11-16-13(14)18-8-5-3-4-6-9-18/h7,10H,2-6,8-9,11H2,1H3,(H2,14,16). The number of guanidine groups is 1.